The van der Waals surface area contributed by atoms with Gasteiger partial charge in [0.15, 0.2) is 11.6 Å². The van der Waals surface area contributed by atoms with Crippen molar-refractivity contribution in [2.75, 3.05) is 18.4 Å². The summed E-state index contributed by atoms with van der Waals surface area (Å²) in [6.45, 7) is 5.78. The molecule has 0 amide bonds. The number of piperidine rings is 1. The van der Waals surface area contributed by atoms with E-state index in [2.05, 4.69) is 30.0 Å². The van der Waals surface area contributed by atoms with Crippen LogP contribution in [-0.4, -0.2) is 27.9 Å². The molecule has 5 heteroatoms. The normalized spacial score (nSPS) is 20.2. The van der Waals surface area contributed by atoms with E-state index in [-0.39, 0.29) is 11.4 Å². The Morgan fingerprint density at radius 1 is 1.41 bits per heavy atom. The lowest BCUT2D eigenvalue weighted by Gasteiger charge is -2.38. The van der Waals surface area contributed by atoms with Crippen molar-refractivity contribution in [1.82, 2.24) is 9.29 Å². The molecule has 3 nitrogen and oxygen atoms in total. The molecule has 1 aromatic rings. The van der Waals surface area contributed by atoms with Crippen LogP contribution in [0.1, 0.15) is 25.5 Å². The molecule has 1 aliphatic heterocycles. The molecule has 1 fully saturated rings. The van der Waals surface area contributed by atoms with E-state index >= 15 is 0 Å². The highest BCUT2D eigenvalue weighted by Crippen LogP contribution is 2.27. The Kier molecular flexibility index (Phi) is 3.58. The first-order valence-corrected chi connectivity index (χ1v) is 6.24. The Balaban J connectivity index is 2.12. The van der Waals surface area contributed by atoms with Gasteiger partial charge in [-0.3, -0.25) is 4.31 Å². The fraction of sp³-hybridized carbons (Fsp3) is 0.583. The van der Waals surface area contributed by atoms with Gasteiger partial charge in [-0.1, -0.05) is 12.8 Å². The molecule has 17 heavy (non-hydrogen) atoms. The highest BCUT2D eigenvalue weighted by atomic mass is 32.1. The van der Waals surface area contributed by atoms with Crippen LogP contribution < -0.4 is 5.32 Å². The Morgan fingerprint density at radius 2 is 2.06 bits per heavy atom. The van der Waals surface area contributed by atoms with Crippen molar-refractivity contribution in [3.63, 3.8) is 0 Å². The number of rotatable bonds is 2. The zero-order valence-electron chi connectivity index (χ0n) is 10.2. The summed E-state index contributed by atoms with van der Waals surface area (Å²) in [5.41, 5.74) is 0.727. The van der Waals surface area contributed by atoms with Crippen LogP contribution in [0.15, 0.2) is 12.1 Å². The van der Waals surface area contributed by atoms with Crippen molar-refractivity contribution < 1.29 is 4.39 Å². The maximum Gasteiger partial charge on any atom is 0.165 e. The molecule has 2 heterocycles. The van der Waals surface area contributed by atoms with Gasteiger partial charge >= 0.3 is 0 Å². The Bertz CT molecular complexity index is 403. The van der Waals surface area contributed by atoms with E-state index in [0.29, 0.717) is 5.82 Å². The number of hydrogen-bond donors (Lipinski definition) is 2. The maximum absolute atomic E-state index is 13.6. The number of thiol groups is 1. The van der Waals surface area contributed by atoms with Crippen LogP contribution in [-0.2, 0) is 0 Å². The fourth-order valence-electron chi connectivity index (χ4n) is 2.03. The minimum absolute atomic E-state index is 0.0964. The fourth-order valence-corrected chi connectivity index (χ4v) is 2.23. The van der Waals surface area contributed by atoms with Crippen LogP contribution >= 0.6 is 12.8 Å². The molecule has 1 N–H and O–H groups in total. The van der Waals surface area contributed by atoms with Gasteiger partial charge in [0.1, 0.15) is 0 Å². The summed E-state index contributed by atoms with van der Waals surface area (Å²) >= 11 is 4.32. The smallest absolute Gasteiger partial charge is 0.165 e. The number of nitrogens with zero attached hydrogens (tertiary/aromatic N) is 2. The number of anilines is 1. The summed E-state index contributed by atoms with van der Waals surface area (Å²) in [5, 5.41) is 3.24. The molecule has 1 saturated heterocycles. The topological polar surface area (TPSA) is 28.2 Å². The molecular formula is C12H18FN3S. The minimum atomic E-state index is -0.287. The van der Waals surface area contributed by atoms with E-state index < -0.39 is 0 Å². The van der Waals surface area contributed by atoms with Crippen molar-refractivity contribution in [2.24, 2.45) is 0 Å². The van der Waals surface area contributed by atoms with Gasteiger partial charge in [0.2, 0.25) is 0 Å². The zero-order chi connectivity index (χ0) is 12.5. The first kappa shape index (κ1) is 12.6. The van der Waals surface area contributed by atoms with Crippen LogP contribution in [0.5, 0.6) is 0 Å². The lowest BCUT2D eigenvalue weighted by Crippen LogP contribution is -2.44. The Morgan fingerprint density at radius 3 is 2.71 bits per heavy atom. The predicted octanol–water partition coefficient (Wildman–Crippen LogP) is 2.64. The number of halogens is 1. The van der Waals surface area contributed by atoms with Gasteiger partial charge in [0, 0.05) is 24.3 Å². The van der Waals surface area contributed by atoms with E-state index in [1.165, 1.54) is 6.07 Å². The van der Waals surface area contributed by atoms with Crippen LogP contribution in [0.3, 0.4) is 0 Å². The van der Waals surface area contributed by atoms with Crippen molar-refractivity contribution in [3.8, 4) is 0 Å². The molecule has 1 aromatic heterocycles. The molecule has 0 spiro atoms. The van der Waals surface area contributed by atoms with Gasteiger partial charge in [-0.15, -0.1) is 0 Å². The first-order chi connectivity index (χ1) is 7.98. The third-order valence-corrected chi connectivity index (χ3v) is 3.65. The quantitative estimate of drug-likeness (QED) is 0.796. The molecule has 0 saturated carbocycles. The van der Waals surface area contributed by atoms with Gasteiger partial charge in [-0.25, -0.2) is 9.37 Å². The molecular weight excluding hydrogens is 237 g/mol. The minimum Gasteiger partial charge on any atom is -0.362 e. The molecule has 0 bridgehead atoms. The van der Waals surface area contributed by atoms with Gasteiger partial charge in [-0.05, 0) is 38.8 Å². The third kappa shape index (κ3) is 3.10. The summed E-state index contributed by atoms with van der Waals surface area (Å²) in [4.78, 5) is 4.21. The highest BCUT2D eigenvalue weighted by molar-refractivity contribution is 7.77. The molecule has 1 aliphatic rings. The molecule has 0 aliphatic carbocycles. The van der Waals surface area contributed by atoms with Crippen LogP contribution in [0, 0.1) is 12.7 Å². The van der Waals surface area contributed by atoms with Crippen molar-refractivity contribution in [3.05, 3.63) is 23.6 Å². The number of hydrogen-bond acceptors (Lipinski definition) is 4. The second-order valence-electron chi connectivity index (χ2n) is 4.92. The number of aryl methyl sites for hydroxylation is 1. The summed E-state index contributed by atoms with van der Waals surface area (Å²) in [6, 6.07) is 3.14. The highest BCUT2D eigenvalue weighted by Gasteiger charge is 2.30. The summed E-state index contributed by atoms with van der Waals surface area (Å²) in [7, 11) is 0. The lowest BCUT2D eigenvalue weighted by molar-refractivity contribution is 0.287. The first-order valence-electron chi connectivity index (χ1n) is 5.84. The molecule has 2 rings (SSSR count). The van der Waals surface area contributed by atoms with Gasteiger partial charge in [-0.2, -0.15) is 0 Å². The second-order valence-corrected chi connectivity index (χ2v) is 5.49. The summed E-state index contributed by atoms with van der Waals surface area (Å²) in [6.07, 6.45) is 1.87. The van der Waals surface area contributed by atoms with E-state index in [4.69, 9.17) is 0 Å². The van der Waals surface area contributed by atoms with E-state index in [0.717, 1.165) is 31.6 Å². The SMILES string of the molecule is Cc1ccc(F)c(NC2(C)CCN(S)CC2)n1. The summed E-state index contributed by atoms with van der Waals surface area (Å²) < 4.78 is 15.6. The largest absolute Gasteiger partial charge is 0.362 e. The molecule has 94 valence electrons. The number of aromatic nitrogens is 1. The van der Waals surface area contributed by atoms with Gasteiger partial charge in [0.25, 0.3) is 0 Å². The van der Waals surface area contributed by atoms with Crippen LogP contribution in [0.4, 0.5) is 10.2 Å². The lowest BCUT2D eigenvalue weighted by atomic mass is 9.90. The van der Waals surface area contributed by atoms with E-state index in [1.54, 1.807) is 6.07 Å². The average Bonchev–Trinajstić information content (AvgIpc) is 2.28. The van der Waals surface area contributed by atoms with Crippen LogP contribution in [0.25, 0.3) is 0 Å². The predicted molar refractivity (Wildman–Crippen MR) is 70.8 cm³/mol. The van der Waals surface area contributed by atoms with Crippen LogP contribution in [0.2, 0.25) is 0 Å². The molecule has 0 aromatic carbocycles. The monoisotopic (exact) mass is 255 g/mol. The standard InChI is InChI=1S/C12H18FN3S/c1-9-3-4-10(13)11(14-9)15-12(2)5-7-16(17)8-6-12/h3-4,17H,5-8H2,1-2H3,(H,14,15). The Labute approximate surface area is 107 Å². The summed E-state index contributed by atoms with van der Waals surface area (Å²) in [5.74, 6) is 0.0743. The molecule has 0 atom stereocenters. The third-order valence-electron chi connectivity index (χ3n) is 3.25. The van der Waals surface area contributed by atoms with Crippen molar-refractivity contribution >= 4 is 18.6 Å². The Hall–Kier alpha value is -0.810. The number of pyridine rings is 1. The second kappa shape index (κ2) is 4.82. The van der Waals surface area contributed by atoms with Gasteiger partial charge < -0.3 is 5.32 Å². The number of nitrogens with one attached hydrogen (secondary N) is 1. The van der Waals surface area contributed by atoms with E-state index in [1.807, 2.05) is 11.2 Å². The van der Waals surface area contributed by atoms with Gasteiger partial charge in [0.05, 0.1) is 0 Å². The maximum atomic E-state index is 13.6. The average molecular weight is 255 g/mol. The van der Waals surface area contributed by atoms with E-state index in [9.17, 15) is 4.39 Å². The van der Waals surface area contributed by atoms with Crippen molar-refractivity contribution in [2.45, 2.75) is 32.2 Å². The van der Waals surface area contributed by atoms with Crippen molar-refractivity contribution in [1.29, 1.82) is 0 Å². The zero-order valence-corrected chi connectivity index (χ0v) is 11.1. The molecule has 0 radical (unpaired) electrons. The molecule has 0 unspecified atom stereocenters.